The number of nitrogens with one attached hydrogen (secondary N) is 1. The summed E-state index contributed by atoms with van der Waals surface area (Å²) >= 11 is 0. The lowest BCUT2D eigenvalue weighted by atomic mass is 9.97. The Hall–Kier alpha value is -1.56. The van der Waals surface area contributed by atoms with Crippen LogP contribution in [-0.2, 0) is 6.54 Å². The molecule has 2 rings (SSSR count). The summed E-state index contributed by atoms with van der Waals surface area (Å²) in [5, 5.41) is 2.16. The average molecular weight is 300 g/mol. The number of rotatable bonds is 4. The first-order valence-corrected chi connectivity index (χ1v) is 7.08. The third kappa shape index (κ3) is 3.97. The summed E-state index contributed by atoms with van der Waals surface area (Å²) in [4.78, 5) is 12.0. The third-order valence-electron chi connectivity index (χ3n) is 3.96. The van der Waals surface area contributed by atoms with Gasteiger partial charge >= 0.3 is 6.18 Å². The van der Waals surface area contributed by atoms with Gasteiger partial charge in [-0.3, -0.25) is 4.79 Å². The van der Waals surface area contributed by atoms with E-state index in [1.165, 1.54) is 12.1 Å². The molecule has 1 aromatic carbocycles. The lowest BCUT2D eigenvalue weighted by Crippen LogP contribution is -2.49. The molecule has 1 amide bonds. The predicted molar refractivity (Wildman–Crippen MR) is 73.6 cm³/mol. The highest BCUT2D eigenvalue weighted by molar-refractivity contribution is 5.94. The summed E-state index contributed by atoms with van der Waals surface area (Å²) in [6.07, 6.45) is -1.81. The van der Waals surface area contributed by atoms with Crippen molar-refractivity contribution in [2.45, 2.75) is 44.4 Å². The molecule has 0 radical (unpaired) electrons. The van der Waals surface area contributed by atoms with Gasteiger partial charge in [-0.1, -0.05) is 25.0 Å². The van der Waals surface area contributed by atoms with E-state index in [1.54, 1.807) is 12.1 Å². The van der Waals surface area contributed by atoms with E-state index in [0.29, 0.717) is 19.4 Å². The maximum Gasteiger partial charge on any atom is 0.408 e. The number of benzene rings is 1. The molecule has 1 saturated carbocycles. The number of carbonyl (C=O) groups excluding carboxylic acids is 1. The normalized spacial score (nSPS) is 17.7. The van der Waals surface area contributed by atoms with Crippen molar-refractivity contribution in [2.75, 3.05) is 0 Å². The lowest BCUT2D eigenvalue weighted by Gasteiger charge is -2.27. The zero-order valence-corrected chi connectivity index (χ0v) is 11.6. The van der Waals surface area contributed by atoms with Crippen LogP contribution in [0.5, 0.6) is 0 Å². The van der Waals surface area contributed by atoms with Gasteiger partial charge in [-0.2, -0.15) is 13.2 Å². The summed E-state index contributed by atoms with van der Waals surface area (Å²) in [5.74, 6) is -1.20. The van der Waals surface area contributed by atoms with Gasteiger partial charge in [0.1, 0.15) is 6.04 Å². The van der Waals surface area contributed by atoms with E-state index in [0.717, 1.165) is 18.4 Å². The van der Waals surface area contributed by atoms with E-state index in [-0.39, 0.29) is 5.56 Å². The Morgan fingerprint density at radius 1 is 1.24 bits per heavy atom. The first kappa shape index (κ1) is 15.8. The molecule has 21 heavy (non-hydrogen) atoms. The SMILES string of the molecule is NCc1ccc(C(=O)NC(C2CCCC2)C(F)(F)F)cc1. The maximum atomic E-state index is 13.1. The van der Waals surface area contributed by atoms with Gasteiger partial charge in [-0.25, -0.2) is 0 Å². The van der Waals surface area contributed by atoms with E-state index in [2.05, 4.69) is 5.32 Å². The highest BCUT2D eigenvalue weighted by Gasteiger charge is 2.46. The summed E-state index contributed by atoms with van der Waals surface area (Å²) in [7, 11) is 0. The number of nitrogens with two attached hydrogens (primary N) is 1. The fraction of sp³-hybridized carbons (Fsp3) is 0.533. The molecule has 0 spiro atoms. The van der Waals surface area contributed by atoms with E-state index in [4.69, 9.17) is 5.73 Å². The van der Waals surface area contributed by atoms with Crippen LogP contribution in [-0.4, -0.2) is 18.1 Å². The Morgan fingerprint density at radius 2 is 1.81 bits per heavy atom. The van der Waals surface area contributed by atoms with Crippen molar-refractivity contribution < 1.29 is 18.0 Å². The highest BCUT2D eigenvalue weighted by Crippen LogP contribution is 2.35. The Morgan fingerprint density at radius 3 is 2.29 bits per heavy atom. The predicted octanol–water partition coefficient (Wildman–Crippen LogP) is 3.00. The van der Waals surface area contributed by atoms with Gasteiger partial charge in [0.15, 0.2) is 0 Å². The molecule has 116 valence electrons. The van der Waals surface area contributed by atoms with E-state index in [1.807, 2.05) is 0 Å². The molecule has 0 heterocycles. The van der Waals surface area contributed by atoms with Gasteiger partial charge in [-0.15, -0.1) is 0 Å². The smallest absolute Gasteiger partial charge is 0.340 e. The van der Waals surface area contributed by atoms with E-state index >= 15 is 0 Å². The minimum absolute atomic E-state index is 0.222. The van der Waals surface area contributed by atoms with Crippen LogP contribution in [0.25, 0.3) is 0 Å². The summed E-state index contributed by atoms with van der Waals surface area (Å²) < 4.78 is 39.4. The van der Waals surface area contributed by atoms with Crippen LogP contribution in [0.4, 0.5) is 13.2 Å². The van der Waals surface area contributed by atoms with Crippen LogP contribution < -0.4 is 11.1 Å². The molecule has 1 unspecified atom stereocenters. The molecule has 1 atom stereocenters. The van der Waals surface area contributed by atoms with Crippen LogP contribution in [0.3, 0.4) is 0 Å². The van der Waals surface area contributed by atoms with Crippen molar-refractivity contribution in [3.8, 4) is 0 Å². The van der Waals surface area contributed by atoms with Crippen LogP contribution in [0.2, 0.25) is 0 Å². The first-order chi connectivity index (χ1) is 9.91. The molecular formula is C15H19F3N2O. The van der Waals surface area contributed by atoms with Crippen LogP contribution in [0.1, 0.15) is 41.6 Å². The van der Waals surface area contributed by atoms with E-state index in [9.17, 15) is 18.0 Å². The Bertz CT molecular complexity index is 479. The zero-order chi connectivity index (χ0) is 15.5. The lowest BCUT2D eigenvalue weighted by molar-refractivity contribution is -0.164. The number of hydrogen-bond donors (Lipinski definition) is 2. The molecule has 0 aromatic heterocycles. The van der Waals surface area contributed by atoms with E-state index < -0.39 is 24.0 Å². The summed E-state index contributed by atoms with van der Waals surface area (Å²) in [6, 6.07) is 4.53. The molecule has 1 fully saturated rings. The molecule has 1 aliphatic rings. The fourth-order valence-corrected chi connectivity index (χ4v) is 2.77. The molecule has 1 aliphatic carbocycles. The van der Waals surface area contributed by atoms with Gasteiger partial charge in [-0.05, 0) is 36.5 Å². The van der Waals surface area contributed by atoms with Crippen molar-refractivity contribution in [3.05, 3.63) is 35.4 Å². The second kappa shape index (κ2) is 6.47. The second-order valence-corrected chi connectivity index (χ2v) is 5.44. The first-order valence-electron chi connectivity index (χ1n) is 7.08. The minimum atomic E-state index is -4.41. The van der Waals surface area contributed by atoms with Crippen molar-refractivity contribution in [1.82, 2.24) is 5.32 Å². The number of halogens is 3. The van der Waals surface area contributed by atoms with Crippen LogP contribution in [0, 0.1) is 5.92 Å². The quantitative estimate of drug-likeness (QED) is 0.898. The topological polar surface area (TPSA) is 55.1 Å². The van der Waals surface area contributed by atoms with Crippen molar-refractivity contribution in [1.29, 1.82) is 0 Å². The fourth-order valence-electron chi connectivity index (χ4n) is 2.77. The molecule has 3 nitrogen and oxygen atoms in total. The third-order valence-corrected chi connectivity index (χ3v) is 3.96. The Labute approximate surface area is 121 Å². The monoisotopic (exact) mass is 300 g/mol. The molecule has 3 N–H and O–H groups in total. The Balaban J connectivity index is 2.09. The standard InChI is InChI=1S/C15H19F3N2O/c16-15(17,18)13(11-3-1-2-4-11)20-14(21)12-7-5-10(9-19)6-8-12/h5-8,11,13H,1-4,9,19H2,(H,20,21). The maximum absolute atomic E-state index is 13.1. The van der Waals surface area contributed by atoms with Gasteiger partial charge < -0.3 is 11.1 Å². The highest BCUT2D eigenvalue weighted by atomic mass is 19.4. The van der Waals surface area contributed by atoms with Crippen molar-refractivity contribution in [2.24, 2.45) is 11.7 Å². The number of carbonyl (C=O) groups is 1. The summed E-state index contributed by atoms with van der Waals surface area (Å²) in [5.41, 5.74) is 6.50. The van der Waals surface area contributed by atoms with Crippen LogP contribution >= 0.6 is 0 Å². The van der Waals surface area contributed by atoms with Gasteiger partial charge in [0, 0.05) is 12.1 Å². The zero-order valence-electron chi connectivity index (χ0n) is 11.6. The largest absolute Gasteiger partial charge is 0.408 e. The van der Waals surface area contributed by atoms with Crippen molar-refractivity contribution in [3.63, 3.8) is 0 Å². The Kier molecular flexibility index (Phi) is 4.88. The molecular weight excluding hydrogens is 281 g/mol. The number of amides is 1. The molecule has 0 saturated heterocycles. The molecule has 1 aromatic rings. The van der Waals surface area contributed by atoms with Gasteiger partial charge in [0.2, 0.25) is 0 Å². The summed E-state index contributed by atoms with van der Waals surface area (Å²) in [6.45, 7) is 0.329. The average Bonchev–Trinajstić information content (AvgIpc) is 2.97. The number of alkyl halides is 3. The minimum Gasteiger partial charge on any atom is -0.340 e. The number of hydrogen-bond acceptors (Lipinski definition) is 2. The van der Waals surface area contributed by atoms with Crippen LogP contribution in [0.15, 0.2) is 24.3 Å². The van der Waals surface area contributed by atoms with Crippen molar-refractivity contribution >= 4 is 5.91 Å². The second-order valence-electron chi connectivity index (χ2n) is 5.44. The van der Waals surface area contributed by atoms with Gasteiger partial charge in [0.05, 0.1) is 0 Å². The molecule has 0 aliphatic heterocycles. The van der Waals surface area contributed by atoms with Gasteiger partial charge in [0.25, 0.3) is 5.91 Å². The molecule has 6 heteroatoms. The molecule has 0 bridgehead atoms.